The van der Waals surface area contributed by atoms with Crippen molar-refractivity contribution in [2.24, 2.45) is 0 Å². The fourth-order valence-electron chi connectivity index (χ4n) is 2.29. The highest BCUT2D eigenvalue weighted by molar-refractivity contribution is 5.87. The van der Waals surface area contributed by atoms with Gasteiger partial charge < -0.3 is 13.9 Å². The first-order chi connectivity index (χ1) is 13.2. The van der Waals surface area contributed by atoms with Crippen LogP contribution in [-0.2, 0) is 16.1 Å². The van der Waals surface area contributed by atoms with E-state index in [1.165, 1.54) is 6.08 Å². The lowest BCUT2D eigenvalue weighted by molar-refractivity contribution is -0.139. The summed E-state index contributed by atoms with van der Waals surface area (Å²) < 4.78 is 16.2. The van der Waals surface area contributed by atoms with E-state index in [4.69, 9.17) is 13.9 Å². The maximum atomic E-state index is 11.9. The van der Waals surface area contributed by atoms with Crippen LogP contribution in [0.3, 0.4) is 0 Å². The molecule has 0 spiro atoms. The minimum atomic E-state index is -0.471. The molecule has 0 N–H and O–H groups in total. The number of esters is 1. The molecule has 136 valence electrons. The molecule has 0 aliphatic carbocycles. The Labute approximate surface area is 157 Å². The smallest absolute Gasteiger partial charge is 0.331 e. The Balaban J connectivity index is 1.50. The molecular weight excluding hydrogens is 342 g/mol. The van der Waals surface area contributed by atoms with Crippen molar-refractivity contribution in [1.82, 2.24) is 4.98 Å². The predicted octanol–water partition coefficient (Wildman–Crippen LogP) is 4.66. The molecule has 0 radical (unpaired) electrons. The normalized spacial score (nSPS) is 10.7. The Bertz CT molecular complexity index is 911. The summed E-state index contributed by atoms with van der Waals surface area (Å²) in [5.74, 6) is 1.25. The van der Waals surface area contributed by atoms with Crippen LogP contribution in [0.1, 0.15) is 11.5 Å². The SMILES string of the molecule is C=CCOc1ccc(/C=C/C(=O)OCc2ncc(-c3ccccc3)o2)cc1. The quantitative estimate of drug-likeness (QED) is 0.332. The first kappa shape index (κ1) is 18.2. The second kappa shape index (κ2) is 9.20. The molecule has 0 aliphatic heterocycles. The number of hydrogen-bond acceptors (Lipinski definition) is 5. The van der Waals surface area contributed by atoms with E-state index in [2.05, 4.69) is 11.6 Å². The van der Waals surface area contributed by atoms with Gasteiger partial charge in [0.1, 0.15) is 12.4 Å². The number of rotatable bonds is 8. The van der Waals surface area contributed by atoms with Gasteiger partial charge in [0.2, 0.25) is 5.89 Å². The van der Waals surface area contributed by atoms with E-state index in [0.29, 0.717) is 18.3 Å². The number of ether oxygens (including phenoxy) is 2. The zero-order valence-electron chi connectivity index (χ0n) is 14.7. The summed E-state index contributed by atoms with van der Waals surface area (Å²) in [7, 11) is 0. The molecule has 0 fully saturated rings. The molecule has 2 aromatic carbocycles. The number of nitrogens with zero attached hydrogens (tertiary/aromatic N) is 1. The van der Waals surface area contributed by atoms with E-state index in [1.54, 1.807) is 18.3 Å². The zero-order valence-corrected chi connectivity index (χ0v) is 14.7. The fraction of sp³-hybridized carbons (Fsp3) is 0.0909. The Morgan fingerprint density at radius 1 is 1.11 bits per heavy atom. The summed E-state index contributed by atoms with van der Waals surface area (Å²) in [6.07, 6.45) is 6.33. The van der Waals surface area contributed by atoms with Gasteiger partial charge >= 0.3 is 5.97 Å². The van der Waals surface area contributed by atoms with Crippen molar-refractivity contribution in [3.05, 3.63) is 91.0 Å². The third-order valence-corrected chi connectivity index (χ3v) is 3.61. The van der Waals surface area contributed by atoms with Gasteiger partial charge in [-0.25, -0.2) is 9.78 Å². The van der Waals surface area contributed by atoms with Crippen molar-refractivity contribution < 1.29 is 18.7 Å². The first-order valence-corrected chi connectivity index (χ1v) is 8.43. The third-order valence-electron chi connectivity index (χ3n) is 3.61. The fourth-order valence-corrected chi connectivity index (χ4v) is 2.29. The molecular formula is C22H19NO4. The van der Waals surface area contributed by atoms with Crippen molar-refractivity contribution in [2.45, 2.75) is 6.61 Å². The van der Waals surface area contributed by atoms with Gasteiger partial charge in [0.15, 0.2) is 12.4 Å². The van der Waals surface area contributed by atoms with Crippen LogP contribution in [0.4, 0.5) is 0 Å². The van der Waals surface area contributed by atoms with Crippen LogP contribution < -0.4 is 4.74 Å². The van der Waals surface area contributed by atoms with Gasteiger partial charge in [-0.1, -0.05) is 55.1 Å². The van der Waals surface area contributed by atoms with Gasteiger partial charge in [0.25, 0.3) is 0 Å². The number of carbonyl (C=O) groups excluding carboxylic acids is 1. The molecule has 0 unspecified atom stereocenters. The van der Waals surface area contributed by atoms with Crippen molar-refractivity contribution in [3.63, 3.8) is 0 Å². The highest BCUT2D eigenvalue weighted by Crippen LogP contribution is 2.20. The number of carbonyl (C=O) groups is 1. The number of hydrogen-bond donors (Lipinski definition) is 0. The van der Waals surface area contributed by atoms with Gasteiger partial charge in [0, 0.05) is 11.6 Å². The van der Waals surface area contributed by atoms with E-state index in [1.807, 2.05) is 54.6 Å². The average molecular weight is 361 g/mol. The molecule has 0 atom stereocenters. The van der Waals surface area contributed by atoms with Gasteiger partial charge in [-0.2, -0.15) is 0 Å². The maximum Gasteiger partial charge on any atom is 0.331 e. The van der Waals surface area contributed by atoms with Crippen LogP contribution >= 0.6 is 0 Å². The second-order valence-corrected chi connectivity index (χ2v) is 5.59. The summed E-state index contributed by atoms with van der Waals surface area (Å²) in [4.78, 5) is 16.0. The van der Waals surface area contributed by atoms with Crippen LogP contribution in [0.25, 0.3) is 17.4 Å². The molecule has 0 aliphatic rings. The van der Waals surface area contributed by atoms with Crippen LogP contribution in [0.2, 0.25) is 0 Å². The number of benzene rings is 2. The van der Waals surface area contributed by atoms with Gasteiger partial charge in [-0.15, -0.1) is 0 Å². The number of oxazole rings is 1. The monoisotopic (exact) mass is 361 g/mol. The average Bonchev–Trinajstić information content (AvgIpc) is 3.20. The maximum absolute atomic E-state index is 11.9. The van der Waals surface area contributed by atoms with Crippen LogP contribution in [0, 0.1) is 0 Å². The van der Waals surface area contributed by atoms with Crippen molar-refractivity contribution >= 4 is 12.0 Å². The van der Waals surface area contributed by atoms with Crippen LogP contribution in [0.15, 0.2) is 83.9 Å². The Morgan fingerprint density at radius 3 is 2.63 bits per heavy atom. The van der Waals surface area contributed by atoms with E-state index in [-0.39, 0.29) is 6.61 Å². The zero-order chi connectivity index (χ0) is 18.9. The lowest BCUT2D eigenvalue weighted by Gasteiger charge is -2.02. The molecule has 0 saturated heterocycles. The van der Waals surface area contributed by atoms with Crippen LogP contribution in [-0.4, -0.2) is 17.6 Å². The lowest BCUT2D eigenvalue weighted by atomic mass is 10.2. The standard InChI is InChI=1S/C22H19NO4/c1-2-14-25-19-11-8-17(9-12-19)10-13-22(24)26-16-21-23-15-20(27-21)18-6-4-3-5-7-18/h2-13,15H,1,14,16H2/b13-10+. The van der Waals surface area contributed by atoms with Crippen LogP contribution in [0.5, 0.6) is 5.75 Å². The molecule has 5 nitrogen and oxygen atoms in total. The van der Waals surface area contributed by atoms with Gasteiger partial charge in [-0.05, 0) is 23.8 Å². The molecule has 3 aromatic rings. The first-order valence-electron chi connectivity index (χ1n) is 8.43. The summed E-state index contributed by atoms with van der Waals surface area (Å²) in [6, 6.07) is 17.0. The third kappa shape index (κ3) is 5.44. The largest absolute Gasteiger partial charge is 0.490 e. The van der Waals surface area contributed by atoms with Gasteiger partial charge in [0.05, 0.1) is 6.20 Å². The van der Waals surface area contributed by atoms with E-state index < -0.39 is 5.97 Å². The highest BCUT2D eigenvalue weighted by atomic mass is 16.5. The molecule has 0 bridgehead atoms. The van der Waals surface area contributed by atoms with Crippen molar-refractivity contribution in [1.29, 1.82) is 0 Å². The lowest BCUT2D eigenvalue weighted by Crippen LogP contribution is -2.00. The summed E-state index contributed by atoms with van der Waals surface area (Å²) >= 11 is 0. The summed E-state index contributed by atoms with van der Waals surface area (Å²) in [6.45, 7) is 4.03. The number of aromatic nitrogens is 1. The minimum Gasteiger partial charge on any atom is -0.490 e. The van der Waals surface area contributed by atoms with E-state index >= 15 is 0 Å². The molecule has 1 aromatic heterocycles. The van der Waals surface area contributed by atoms with Crippen molar-refractivity contribution in [3.8, 4) is 17.1 Å². The molecule has 1 heterocycles. The highest BCUT2D eigenvalue weighted by Gasteiger charge is 2.07. The Kier molecular flexibility index (Phi) is 6.20. The molecule has 0 saturated carbocycles. The molecule has 3 rings (SSSR count). The van der Waals surface area contributed by atoms with Crippen molar-refractivity contribution in [2.75, 3.05) is 6.61 Å². The van der Waals surface area contributed by atoms with Gasteiger partial charge in [-0.3, -0.25) is 0 Å². The Morgan fingerprint density at radius 2 is 1.89 bits per heavy atom. The molecule has 5 heteroatoms. The minimum absolute atomic E-state index is 0.0235. The molecule has 27 heavy (non-hydrogen) atoms. The Hall–Kier alpha value is -3.60. The topological polar surface area (TPSA) is 61.6 Å². The molecule has 0 amide bonds. The second-order valence-electron chi connectivity index (χ2n) is 5.59. The summed E-state index contributed by atoms with van der Waals surface area (Å²) in [5, 5.41) is 0. The summed E-state index contributed by atoms with van der Waals surface area (Å²) in [5.41, 5.74) is 1.78. The van der Waals surface area contributed by atoms with E-state index in [9.17, 15) is 4.79 Å². The van der Waals surface area contributed by atoms with E-state index in [0.717, 1.165) is 16.9 Å². The predicted molar refractivity (Wildman–Crippen MR) is 103 cm³/mol.